The molecule has 0 bridgehead atoms. The SMILES string of the molecule is Cc1cc(-c2ncccc2NC(=O)NC2CCCN(c3ncccn3)C2)cs1. The van der Waals surface area contributed by atoms with Crippen LogP contribution in [0.5, 0.6) is 0 Å². The van der Waals surface area contributed by atoms with Crippen molar-refractivity contribution in [1.29, 1.82) is 0 Å². The maximum Gasteiger partial charge on any atom is 0.319 e. The van der Waals surface area contributed by atoms with Crippen LogP contribution < -0.4 is 15.5 Å². The minimum Gasteiger partial charge on any atom is -0.339 e. The van der Waals surface area contributed by atoms with Gasteiger partial charge in [-0.3, -0.25) is 4.98 Å². The molecule has 0 radical (unpaired) electrons. The van der Waals surface area contributed by atoms with Gasteiger partial charge in [0.2, 0.25) is 5.95 Å². The van der Waals surface area contributed by atoms with Crippen molar-refractivity contribution in [2.45, 2.75) is 25.8 Å². The molecule has 0 aliphatic carbocycles. The zero-order valence-corrected chi connectivity index (χ0v) is 16.4. The van der Waals surface area contributed by atoms with E-state index in [1.54, 1.807) is 36.0 Å². The molecule has 0 spiro atoms. The highest BCUT2D eigenvalue weighted by molar-refractivity contribution is 7.10. The Morgan fingerprint density at radius 2 is 2.04 bits per heavy atom. The van der Waals surface area contributed by atoms with Gasteiger partial charge in [0, 0.05) is 53.5 Å². The first kappa shape index (κ1) is 18.4. The molecule has 4 rings (SSSR count). The van der Waals surface area contributed by atoms with E-state index in [1.165, 1.54) is 4.88 Å². The number of anilines is 2. The summed E-state index contributed by atoms with van der Waals surface area (Å²) in [4.78, 5) is 29.0. The van der Waals surface area contributed by atoms with Crippen molar-refractivity contribution >= 4 is 29.0 Å². The molecule has 1 atom stereocenters. The second-order valence-electron chi connectivity index (χ2n) is 6.78. The number of thiophene rings is 1. The molecule has 0 aromatic carbocycles. The van der Waals surface area contributed by atoms with E-state index in [4.69, 9.17) is 0 Å². The van der Waals surface area contributed by atoms with Gasteiger partial charge in [0.05, 0.1) is 11.4 Å². The second kappa shape index (κ2) is 8.35. The number of hydrogen-bond acceptors (Lipinski definition) is 6. The minimum absolute atomic E-state index is 0.0427. The fourth-order valence-corrected chi connectivity index (χ4v) is 4.07. The number of amides is 2. The first-order valence-corrected chi connectivity index (χ1v) is 10.2. The number of nitrogens with zero attached hydrogens (tertiary/aromatic N) is 4. The molecule has 1 saturated heterocycles. The number of rotatable bonds is 4. The third-order valence-corrected chi connectivity index (χ3v) is 5.51. The number of nitrogens with one attached hydrogen (secondary N) is 2. The summed E-state index contributed by atoms with van der Waals surface area (Å²) in [5.41, 5.74) is 2.50. The van der Waals surface area contributed by atoms with Crippen LogP contribution in [-0.2, 0) is 0 Å². The minimum atomic E-state index is -0.220. The number of carbonyl (C=O) groups is 1. The highest BCUT2D eigenvalue weighted by Gasteiger charge is 2.23. The maximum absolute atomic E-state index is 12.6. The van der Waals surface area contributed by atoms with Crippen molar-refractivity contribution in [3.05, 3.63) is 53.1 Å². The zero-order valence-electron chi connectivity index (χ0n) is 15.6. The number of pyridine rings is 1. The van der Waals surface area contributed by atoms with Gasteiger partial charge in [0.1, 0.15) is 0 Å². The monoisotopic (exact) mass is 394 g/mol. The average Bonchev–Trinajstić information content (AvgIpc) is 3.15. The molecule has 28 heavy (non-hydrogen) atoms. The van der Waals surface area contributed by atoms with Crippen LogP contribution in [0.15, 0.2) is 48.2 Å². The number of aryl methyl sites for hydroxylation is 1. The van der Waals surface area contributed by atoms with Crippen molar-refractivity contribution < 1.29 is 4.79 Å². The lowest BCUT2D eigenvalue weighted by Crippen LogP contribution is -2.49. The van der Waals surface area contributed by atoms with Gasteiger partial charge < -0.3 is 15.5 Å². The van der Waals surface area contributed by atoms with Crippen LogP contribution in [0.2, 0.25) is 0 Å². The van der Waals surface area contributed by atoms with Gasteiger partial charge in [-0.15, -0.1) is 11.3 Å². The van der Waals surface area contributed by atoms with Crippen molar-refractivity contribution in [3.63, 3.8) is 0 Å². The Balaban J connectivity index is 1.41. The molecule has 1 aliphatic rings. The first-order valence-electron chi connectivity index (χ1n) is 9.29. The normalized spacial score (nSPS) is 16.6. The van der Waals surface area contributed by atoms with Gasteiger partial charge in [0.15, 0.2) is 0 Å². The molecule has 1 fully saturated rings. The number of carbonyl (C=O) groups excluding carboxylic acids is 1. The zero-order chi connectivity index (χ0) is 19.3. The van der Waals surface area contributed by atoms with Crippen LogP contribution in [0.3, 0.4) is 0 Å². The first-order chi connectivity index (χ1) is 13.7. The topological polar surface area (TPSA) is 83.0 Å². The van der Waals surface area contributed by atoms with Gasteiger partial charge in [-0.2, -0.15) is 0 Å². The summed E-state index contributed by atoms with van der Waals surface area (Å²) in [6.45, 7) is 3.65. The summed E-state index contributed by atoms with van der Waals surface area (Å²) in [6, 6.07) is 7.41. The Kier molecular flexibility index (Phi) is 5.48. The van der Waals surface area contributed by atoms with Gasteiger partial charge in [-0.25, -0.2) is 14.8 Å². The number of aromatic nitrogens is 3. The highest BCUT2D eigenvalue weighted by atomic mass is 32.1. The van der Waals surface area contributed by atoms with Crippen molar-refractivity contribution in [2.24, 2.45) is 0 Å². The Morgan fingerprint density at radius 1 is 1.21 bits per heavy atom. The number of piperidine rings is 1. The fraction of sp³-hybridized carbons (Fsp3) is 0.300. The summed E-state index contributed by atoms with van der Waals surface area (Å²) < 4.78 is 0. The molecule has 3 aromatic heterocycles. The van der Waals surface area contributed by atoms with Crippen LogP contribution in [-0.4, -0.2) is 40.1 Å². The maximum atomic E-state index is 12.6. The lowest BCUT2D eigenvalue weighted by atomic mass is 10.1. The van der Waals surface area contributed by atoms with Crippen LogP contribution in [0.1, 0.15) is 17.7 Å². The van der Waals surface area contributed by atoms with E-state index >= 15 is 0 Å². The van der Waals surface area contributed by atoms with Crippen LogP contribution in [0.25, 0.3) is 11.3 Å². The lowest BCUT2D eigenvalue weighted by molar-refractivity contribution is 0.246. The van der Waals surface area contributed by atoms with E-state index in [-0.39, 0.29) is 12.1 Å². The van der Waals surface area contributed by atoms with Gasteiger partial charge >= 0.3 is 6.03 Å². The second-order valence-corrected chi connectivity index (χ2v) is 7.89. The predicted molar refractivity (Wildman–Crippen MR) is 112 cm³/mol. The summed E-state index contributed by atoms with van der Waals surface area (Å²) >= 11 is 1.67. The van der Waals surface area contributed by atoms with Crippen LogP contribution in [0, 0.1) is 6.92 Å². The van der Waals surface area contributed by atoms with Crippen molar-refractivity contribution in [1.82, 2.24) is 20.3 Å². The van der Waals surface area contributed by atoms with E-state index in [1.807, 2.05) is 12.1 Å². The smallest absolute Gasteiger partial charge is 0.319 e. The van der Waals surface area contributed by atoms with Crippen molar-refractivity contribution in [2.75, 3.05) is 23.3 Å². The van der Waals surface area contributed by atoms with Crippen LogP contribution >= 0.6 is 11.3 Å². The summed E-state index contributed by atoms with van der Waals surface area (Å²) in [7, 11) is 0. The molecule has 1 aliphatic heterocycles. The van der Waals surface area contributed by atoms with Gasteiger partial charge in [0.25, 0.3) is 0 Å². The van der Waals surface area contributed by atoms with E-state index in [2.05, 4.69) is 48.9 Å². The molecule has 1 unspecified atom stereocenters. The van der Waals surface area contributed by atoms with E-state index in [0.29, 0.717) is 18.2 Å². The Hall–Kier alpha value is -3.00. The Bertz CT molecular complexity index is 945. The molecular formula is C20H22N6OS. The summed E-state index contributed by atoms with van der Waals surface area (Å²) in [5.74, 6) is 0.705. The Morgan fingerprint density at radius 3 is 2.82 bits per heavy atom. The fourth-order valence-electron chi connectivity index (χ4n) is 3.38. The van der Waals surface area contributed by atoms with Gasteiger partial charge in [-0.05, 0) is 44.0 Å². The predicted octanol–water partition coefficient (Wildman–Crippen LogP) is 3.70. The van der Waals surface area contributed by atoms with Crippen molar-refractivity contribution in [3.8, 4) is 11.3 Å². The van der Waals surface area contributed by atoms with E-state index < -0.39 is 0 Å². The lowest BCUT2D eigenvalue weighted by Gasteiger charge is -2.33. The number of hydrogen-bond donors (Lipinski definition) is 2. The molecule has 0 saturated carbocycles. The van der Waals surface area contributed by atoms with Crippen LogP contribution in [0.4, 0.5) is 16.4 Å². The summed E-state index contributed by atoms with van der Waals surface area (Å²) in [5, 5.41) is 8.10. The largest absolute Gasteiger partial charge is 0.339 e. The van der Waals surface area contributed by atoms with E-state index in [0.717, 1.165) is 30.6 Å². The molecule has 2 amide bonds. The third kappa shape index (κ3) is 4.28. The molecule has 8 heteroatoms. The average molecular weight is 395 g/mol. The summed E-state index contributed by atoms with van der Waals surface area (Å²) in [6.07, 6.45) is 7.13. The molecular weight excluding hydrogens is 372 g/mol. The molecule has 4 heterocycles. The quantitative estimate of drug-likeness (QED) is 0.705. The standard InChI is InChI=1S/C20H22N6OS/c1-14-11-15(13-28-14)18-17(6-2-7-21-18)25-20(27)24-16-5-3-10-26(12-16)19-22-8-4-9-23-19/h2,4,6-9,11,13,16H,3,5,10,12H2,1H3,(H2,24,25,27). The molecule has 7 nitrogen and oxygen atoms in total. The number of urea groups is 1. The third-order valence-electron chi connectivity index (χ3n) is 4.65. The molecule has 3 aromatic rings. The molecule has 144 valence electrons. The van der Waals surface area contributed by atoms with Gasteiger partial charge in [-0.1, -0.05) is 0 Å². The molecule has 2 N–H and O–H groups in total. The van der Waals surface area contributed by atoms with E-state index in [9.17, 15) is 4.79 Å². The highest BCUT2D eigenvalue weighted by Crippen LogP contribution is 2.29. The Labute approximate surface area is 167 Å².